The van der Waals surface area contributed by atoms with E-state index in [2.05, 4.69) is 5.10 Å². The van der Waals surface area contributed by atoms with Crippen LogP contribution in [-0.4, -0.2) is 16.3 Å². The van der Waals surface area contributed by atoms with E-state index >= 15 is 0 Å². The maximum atomic E-state index is 5.94. The largest absolute Gasteiger partial charge is 0.330 e. The lowest BCUT2D eigenvalue weighted by molar-refractivity contribution is 0.879. The van der Waals surface area contributed by atoms with Crippen molar-refractivity contribution in [1.82, 2.24) is 9.78 Å². The highest BCUT2D eigenvalue weighted by Crippen LogP contribution is 2.24. The quantitative estimate of drug-likeness (QED) is 0.917. The van der Waals surface area contributed by atoms with Gasteiger partial charge in [0.2, 0.25) is 0 Å². The number of halogens is 2. The fraction of sp³-hybridized carbons (Fsp3) is 0.182. The SMILES string of the molecule is NCCc1cnn(-c2ccc(Cl)c(Cl)c2)c1. The number of hydrogen-bond acceptors (Lipinski definition) is 2. The van der Waals surface area contributed by atoms with E-state index in [-0.39, 0.29) is 0 Å². The summed E-state index contributed by atoms with van der Waals surface area (Å²) in [6.45, 7) is 0.618. The van der Waals surface area contributed by atoms with Crippen LogP contribution in [0.5, 0.6) is 0 Å². The third kappa shape index (κ3) is 2.38. The van der Waals surface area contributed by atoms with E-state index in [4.69, 9.17) is 28.9 Å². The van der Waals surface area contributed by atoms with Crippen LogP contribution >= 0.6 is 23.2 Å². The van der Waals surface area contributed by atoms with Gasteiger partial charge in [-0.3, -0.25) is 0 Å². The van der Waals surface area contributed by atoms with E-state index in [0.717, 1.165) is 17.7 Å². The minimum absolute atomic E-state index is 0.523. The summed E-state index contributed by atoms with van der Waals surface area (Å²) < 4.78 is 1.76. The van der Waals surface area contributed by atoms with Crippen molar-refractivity contribution in [2.45, 2.75) is 6.42 Å². The molecule has 16 heavy (non-hydrogen) atoms. The molecule has 0 amide bonds. The van der Waals surface area contributed by atoms with Gasteiger partial charge in [0, 0.05) is 6.20 Å². The molecule has 1 aromatic heterocycles. The minimum Gasteiger partial charge on any atom is -0.330 e. The topological polar surface area (TPSA) is 43.8 Å². The molecule has 0 fully saturated rings. The highest BCUT2D eigenvalue weighted by molar-refractivity contribution is 6.42. The van der Waals surface area contributed by atoms with Crippen LogP contribution in [0.15, 0.2) is 30.6 Å². The first-order chi connectivity index (χ1) is 7.70. The molecule has 0 spiro atoms. The van der Waals surface area contributed by atoms with Crippen LogP contribution in [0.1, 0.15) is 5.56 Å². The van der Waals surface area contributed by atoms with Gasteiger partial charge < -0.3 is 5.73 Å². The average molecular weight is 256 g/mol. The van der Waals surface area contributed by atoms with Crippen LogP contribution < -0.4 is 5.73 Å². The zero-order chi connectivity index (χ0) is 11.5. The Morgan fingerprint density at radius 3 is 2.75 bits per heavy atom. The van der Waals surface area contributed by atoms with Gasteiger partial charge in [-0.25, -0.2) is 4.68 Å². The molecule has 3 nitrogen and oxygen atoms in total. The molecule has 1 aromatic carbocycles. The van der Waals surface area contributed by atoms with Crippen molar-refractivity contribution < 1.29 is 0 Å². The Hall–Kier alpha value is -1.03. The minimum atomic E-state index is 0.523. The number of nitrogens with zero attached hydrogens (tertiary/aromatic N) is 2. The van der Waals surface area contributed by atoms with Crippen molar-refractivity contribution in [1.29, 1.82) is 0 Å². The van der Waals surface area contributed by atoms with Gasteiger partial charge in [-0.05, 0) is 36.7 Å². The predicted molar refractivity (Wildman–Crippen MR) is 66.3 cm³/mol. The van der Waals surface area contributed by atoms with Crippen LogP contribution in [-0.2, 0) is 6.42 Å². The third-order valence-corrected chi connectivity index (χ3v) is 2.98. The maximum Gasteiger partial charge on any atom is 0.0661 e. The summed E-state index contributed by atoms with van der Waals surface area (Å²) in [5, 5.41) is 5.30. The molecule has 0 aliphatic heterocycles. The Morgan fingerprint density at radius 1 is 1.25 bits per heavy atom. The van der Waals surface area contributed by atoms with Gasteiger partial charge in [0.25, 0.3) is 0 Å². The Labute approximate surface area is 104 Å². The average Bonchev–Trinajstić information content (AvgIpc) is 2.71. The number of aromatic nitrogens is 2. The van der Waals surface area contributed by atoms with Gasteiger partial charge in [-0.2, -0.15) is 5.10 Å². The fourth-order valence-electron chi connectivity index (χ4n) is 1.42. The van der Waals surface area contributed by atoms with E-state index < -0.39 is 0 Å². The van der Waals surface area contributed by atoms with Crippen molar-refractivity contribution in [2.75, 3.05) is 6.54 Å². The molecule has 0 atom stereocenters. The summed E-state index contributed by atoms with van der Waals surface area (Å²) >= 11 is 11.8. The zero-order valence-corrected chi connectivity index (χ0v) is 10.0. The lowest BCUT2D eigenvalue weighted by Crippen LogP contribution is -2.01. The molecule has 2 N–H and O–H groups in total. The van der Waals surface area contributed by atoms with Crippen molar-refractivity contribution in [3.05, 3.63) is 46.2 Å². The van der Waals surface area contributed by atoms with Crippen LogP contribution in [0.4, 0.5) is 0 Å². The lowest BCUT2D eigenvalue weighted by atomic mass is 10.2. The summed E-state index contributed by atoms with van der Waals surface area (Å²) in [5.41, 5.74) is 7.47. The second-order valence-corrected chi connectivity index (χ2v) is 4.24. The first kappa shape index (κ1) is 11.5. The van der Waals surface area contributed by atoms with Crippen molar-refractivity contribution in [2.24, 2.45) is 5.73 Å². The maximum absolute atomic E-state index is 5.94. The second kappa shape index (κ2) is 4.87. The molecular formula is C11H11Cl2N3. The molecule has 0 saturated carbocycles. The molecule has 2 rings (SSSR count). The van der Waals surface area contributed by atoms with E-state index in [1.807, 2.05) is 12.3 Å². The van der Waals surface area contributed by atoms with E-state index in [9.17, 15) is 0 Å². The Morgan fingerprint density at radius 2 is 2.06 bits per heavy atom. The smallest absolute Gasteiger partial charge is 0.0661 e. The number of rotatable bonds is 3. The summed E-state index contributed by atoms with van der Waals surface area (Å²) in [5.74, 6) is 0. The Kier molecular flexibility index (Phi) is 3.49. The van der Waals surface area contributed by atoms with Crippen LogP contribution in [0.3, 0.4) is 0 Å². The summed E-state index contributed by atoms with van der Waals surface area (Å²) in [6, 6.07) is 5.40. The van der Waals surface area contributed by atoms with Crippen LogP contribution in [0.25, 0.3) is 5.69 Å². The van der Waals surface area contributed by atoms with Gasteiger partial charge in [0.15, 0.2) is 0 Å². The van der Waals surface area contributed by atoms with Crippen molar-refractivity contribution in [3.8, 4) is 5.69 Å². The second-order valence-electron chi connectivity index (χ2n) is 3.43. The lowest BCUT2D eigenvalue weighted by Gasteiger charge is -2.02. The molecule has 0 bridgehead atoms. The standard InChI is InChI=1S/C11H11Cl2N3/c12-10-2-1-9(5-11(10)13)16-7-8(3-4-14)6-15-16/h1-2,5-7H,3-4,14H2. The third-order valence-electron chi connectivity index (χ3n) is 2.24. The predicted octanol–water partition coefficient (Wildman–Crippen LogP) is 2.68. The highest BCUT2D eigenvalue weighted by atomic mass is 35.5. The molecule has 84 valence electrons. The van der Waals surface area contributed by atoms with Crippen molar-refractivity contribution >= 4 is 23.2 Å². The summed E-state index contributed by atoms with van der Waals surface area (Å²) in [7, 11) is 0. The highest BCUT2D eigenvalue weighted by Gasteiger charge is 2.03. The molecule has 0 saturated heterocycles. The van der Waals surface area contributed by atoms with Crippen molar-refractivity contribution in [3.63, 3.8) is 0 Å². The molecule has 0 aliphatic rings. The van der Waals surface area contributed by atoms with Crippen LogP contribution in [0.2, 0.25) is 10.0 Å². The molecule has 1 heterocycles. The number of benzene rings is 1. The Bertz CT molecular complexity index is 494. The van der Waals surface area contributed by atoms with Gasteiger partial charge >= 0.3 is 0 Å². The monoisotopic (exact) mass is 255 g/mol. The molecule has 0 unspecified atom stereocenters. The molecule has 0 aliphatic carbocycles. The van der Waals surface area contributed by atoms with Gasteiger partial charge in [-0.1, -0.05) is 23.2 Å². The summed E-state index contributed by atoms with van der Waals surface area (Å²) in [6.07, 6.45) is 4.56. The van der Waals surface area contributed by atoms with Gasteiger partial charge in [-0.15, -0.1) is 0 Å². The Balaban J connectivity index is 2.31. The normalized spacial score (nSPS) is 10.7. The van der Waals surface area contributed by atoms with E-state index in [1.165, 1.54) is 0 Å². The first-order valence-corrected chi connectivity index (χ1v) is 5.65. The first-order valence-electron chi connectivity index (χ1n) is 4.90. The molecule has 2 aromatic rings. The van der Waals surface area contributed by atoms with Gasteiger partial charge in [0.05, 0.1) is 21.9 Å². The molecule has 0 radical (unpaired) electrons. The van der Waals surface area contributed by atoms with Gasteiger partial charge in [0.1, 0.15) is 0 Å². The zero-order valence-electron chi connectivity index (χ0n) is 8.53. The molecule has 5 heteroatoms. The number of hydrogen-bond donors (Lipinski definition) is 1. The fourth-order valence-corrected chi connectivity index (χ4v) is 1.72. The van der Waals surface area contributed by atoms with E-state index in [0.29, 0.717) is 16.6 Å². The van der Waals surface area contributed by atoms with Crippen LogP contribution in [0, 0.1) is 0 Å². The summed E-state index contributed by atoms with van der Waals surface area (Å²) in [4.78, 5) is 0. The molecular weight excluding hydrogens is 245 g/mol. The van der Waals surface area contributed by atoms with E-state index in [1.54, 1.807) is 23.0 Å². The number of nitrogens with two attached hydrogens (primary N) is 1.